The van der Waals surface area contributed by atoms with Crippen molar-refractivity contribution in [2.45, 2.75) is 38.8 Å². The summed E-state index contributed by atoms with van der Waals surface area (Å²) in [5.74, 6) is -0.332. The van der Waals surface area contributed by atoms with Crippen LogP contribution in [0.5, 0.6) is 0 Å². The van der Waals surface area contributed by atoms with Crippen LogP contribution in [-0.2, 0) is 16.1 Å². The highest BCUT2D eigenvalue weighted by atomic mass is 35.5. The monoisotopic (exact) mass is 448 g/mol. The normalized spacial score (nSPS) is 11.8. The summed E-state index contributed by atoms with van der Waals surface area (Å²) in [5.41, 5.74) is 3.07. The van der Waals surface area contributed by atoms with Gasteiger partial charge in [-0.3, -0.25) is 9.59 Å². The number of hydrogen-bond acceptors (Lipinski definition) is 2. The van der Waals surface area contributed by atoms with Crippen molar-refractivity contribution in [3.05, 3.63) is 107 Å². The molecule has 0 aromatic heterocycles. The first kappa shape index (κ1) is 23.6. The van der Waals surface area contributed by atoms with Crippen LogP contribution in [0.2, 0.25) is 5.02 Å². The Morgan fingerprint density at radius 2 is 1.41 bits per heavy atom. The van der Waals surface area contributed by atoms with Gasteiger partial charge in [-0.05, 0) is 42.7 Å². The lowest BCUT2D eigenvalue weighted by Gasteiger charge is -2.30. The second kappa shape index (κ2) is 11.5. The Kier molecular flexibility index (Phi) is 8.46. The Morgan fingerprint density at radius 3 is 1.91 bits per heavy atom. The number of carbonyl (C=O) groups is 2. The molecule has 0 radical (unpaired) electrons. The molecule has 0 aliphatic carbocycles. The number of nitrogens with one attached hydrogen (secondary N) is 1. The van der Waals surface area contributed by atoms with Gasteiger partial charge in [0, 0.05) is 30.5 Å². The SMILES string of the molecule is CCNC(=O)C(C)N(Cc1ccc(Cl)cc1)C(=O)CC(c1ccccc1)c1ccccc1. The Labute approximate surface area is 195 Å². The van der Waals surface area contributed by atoms with Crippen LogP contribution in [0.4, 0.5) is 0 Å². The van der Waals surface area contributed by atoms with Crippen molar-refractivity contribution in [2.24, 2.45) is 0 Å². The van der Waals surface area contributed by atoms with Gasteiger partial charge in [0.1, 0.15) is 6.04 Å². The molecule has 3 aromatic rings. The molecule has 0 fully saturated rings. The third kappa shape index (κ3) is 6.21. The zero-order chi connectivity index (χ0) is 22.9. The summed E-state index contributed by atoms with van der Waals surface area (Å²) in [6.45, 7) is 4.50. The molecule has 3 aromatic carbocycles. The second-order valence-corrected chi connectivity index (χ2v) is 8.23. The number of halogens is 1. The van der Waals surface area contributed by atoms with E-state index in [9.17, 15) is 9.59 Å². The van der Waals surface area contributed by atoms with Crippen LogP contribution < -0.4 is 5.32 Å². The molecule has 0 aliphatic heterocycles. The molecule has 166 valence electrons. The first-order valence-corrected chi connectivity index (χ1v) is 11.3. The average molecular weight is 449 g/mol. The highest BCUT2D eigenvalue weighted by Gasteiger charge is 2.28. The molecule has 0 heterocycles. The molecular weight excluding hydrogens is 420 g/mol. The lowest BCUT2D eigenvalue weighted by molar-refractivity contribution is -0.140. The fraction of sp³-hybridized carbons (Fsp3) is 0.259. The summed E-state index contributed by atoms with van der Waals surface area (Å²) in [6, 6.07) is 26.8. The predicted octanol–water partition coefficient (Wildman–Crippen LogP) is 5.42. The van der Waals surface area contributed by atoms with Gasteiger partial charge in [0.05, 0.1) is 0 Å². The Balaban J connectivity index is 1.90. The predicted molar refractivity (Wildman–Crippen MR) is 129 cm³/mol. The summed E-state index contributed by atoms with van der Waals surface area (Å²) in [7, 11) is 0. The largest absolute Gasteiger partial charge is 0.355 e. The van der Waals surface area contributed by atoms with E-state index >= 15 is 0 Å². The molecule has 1 N–H and O–H groups in total. The molecular formula is C27H29ClN2O2. The van der Waals surface area contributed by atoms with Crippen LogP contribution in [0.3, 0.4) is 0 Å². The quantitative estimate of drug-likeness (QED) is 0.475. The molecule has 2 amide bonds. The average Bonchev–Trinajstić information content (AvgIpc) is 2.83. The number of likely N-dealkylation sites (N-methyl/N-ethyl adjacent to an activating group) is 1. The molecule has 0 aliphatic rings. The third-order valence-electron chi connectivity index (χ3n) is 5.57. The van der Waals surface area contributed by atoms with Gasteiger partial charge in [-0.25, -0.2) is 0 Å². The zero-order valence-electron chi connectivity index (χ0n) is 18.5. The number of rotatable bonds is 9. The first-order chi connectivity index (χ1) is 15.5. The number of hydrogen-bond donors (Lipinski definition) is 1. The van der Waals surface area contributed by atoms with Crippen molar-refractivity contribution in [1.82, 2.24) is 10.2 Å². The zero-order valence-corrected chi connectivity index (χ0v) is 19.3. The second-order valence-electron chi connectivity index (χ2n) is 7.80. The van der Waals surface area contributed by atoms with Gasteiger partial charge in [-0.1, -0.05) is 84.4 Å². The van der Waals surface area contributed by atoms with Gasteiger partial charge < -0.3 is 10.2 Å². The van der Waals surface area contributed by atoms with E-state index in [1.807, 2.05) is 79.7 Å². The number of nitrogens with zero attached hydrogens (tertiary/aromatic N) is 1. The van der Waals surface area contributed by atoms with E-state index in [2.05, 4.69) is 5.32 Å². The van der Waals surface area contributed by atoms with Gasteiger partial charge in [0.2, 0.25) is 11.8 Å². The maximum absolute atomic E-state index is 13.6. The molecule has 0 bridgehead atoms. The third-order valence-corrected chi connectivity index (χ3v) is 5.82. The molecule has 0 saturated heterocycles. The van der Waals surface area contributed by atoms with Crippen molar-refractivity contribution in [1.29, 1.82) is 0 Å². The number of benzene rings is 3. The summed E-state index contributed by atoms with van der Waals surface area (Å²) in [4.78, 5) is 27.9. The van der Waals surface area contributed by atoms with Crippen LogP contribution in [0.1, 0.15) is 42.9 Å². The van der Waals surface area contributed by atoms with E-state index in [0.29, 0.717) is 18.1 Å². The van der Waals surface area contributed by atoms with Crippen LogP contribution in [0, 0.1) is 0 Å². The van der Waals surface area contributed by atoms with Gasteiger partial charge >= 0.3 is 0 Å². The van der Waals surface area contributed by atoms with E-state index in [-0.39, 0.29) is 24.2 Å². The molecule has 0 saturated carbocycles. The maximum Gasteiger partial charge on any atom is 0.242 e. The van der Waals surface area contributed by atoms with Crippen molar-refractivity contribution in [3.8, 4) is 0 Å². The van der Waals surface area contributed by atoms with Crippen molar-refractivity contribution < 1.29 is 9.59 Å². The van der Waals surface area contributed by atoms with Crippen LogP contribution in [-0.4, -0.2) is 29.3 Å². The van der Waals surface area contributed by atoms with Crippen LogP contribution in [0.15, 0.2) is 84.9 Å². The van der Waals surface area contributed by atoms with Gasteiger partial charge in [-0.15, -0.1) is 0 Å². The lowest BCUT2D eigenvalue weighted by Crippen LogP contribution is -2.47. The van der Waals surface area contributed by atoms with E-state index < -0.39 is 6.04 Å². The summed E-state index contributed by atoms with van der Waals surface area (Å²) in [5, 5.41) is 3.47. The number of carbonyl (C=O) groups excluding carboxylic acids is 2. The van der Waals surface area contributed by atoms with Crippen molar-refractivity contribution in [2.75, 3.05) is 6.54 Å². The molecule has 4 nitrogen and oxygen atoms in total. The van der Waals surface area contributed by atoms with E-state index in [0.717, 1.165) is 16.7 Å². The Hall–Kier alpha value is -3.11. The standard InChI is InChI=1S/C27H29ClN2O2/c1-3-29-27(32)20(2)30(19-21-14-16-24(28)17-15-21)26(31)18-25(22-10-6-4-7-11-22)23-12-8-5-9-13-23/h4-17,20,25H,3,18-19H2,1-2H3,(H,29,32). The fourth-order valence-electron chi connectivity index (χ4n) is 3.78. The lowest BCUT2D eigenvalue weighted by atomic mass is 9.88. The summed E-state index contributed by atoms with van der Waals surface area (Å²) < 4.78 is 0. The van der Waals surface area contributed by atoms with E-state index in [4.69, 9.17) is 11.6 Å². The molecule has 3 rings (SSSR count). The van der Waals surface area contributed by atoms with Gasteiger partial charge in [-0.2, -0.15) is 0 Å². The van der Waals surface area contributed by atoms with E-state index in [1.165, 1.54) is 0 Å². The Morgan fingerprint density at radius 1 is 0.875 bits per heavy atom. The molecule has 32 heavy (non-hydrogen) atoms. The van der Waals surface area contributed by atoms with Crippen LogP contribution in [0.25, 0.3) is 0 Å². The minimum atomic E-state index is -0.592. The van der Waals surface area contributed by atoms with Crippen LogP contribution >= 0.6 is 11.6 Å². The smallest absolute Gasteiger partial charge is 0.242 e. The van der Waals surface area contributed by atoms with Crippen molar-refractivity contribution in [3.63, 3.8) is 0 Å². The number of amides is 2. The minimum absolute atomic E-state index is 0.0728. The van der Waals surface area contributed by atoms with Gasteiger partial charge in [0.25, 0.3) is 0 Å². The van der Waals surface area contributed by atoms with Crippen molar-refractivity contribution >= 4 is 23.4 Å². The molecule has 0 spiro atoms. The minimum Gasteiger partial charge on any atom is -0.355 e. The fourth-order valence-corrected chi connectivity index (χ4v) is 3.91. The molecule has 1 unspecified atom stereocenters. The van der Waals surface area contributed by atoms with Gasteiger partial charge in [0.15, 0.2) is 0 Å². The Bertz CT molecular complexity index is 967. The topological polar surface area (TPSA) is 49.4 Å². The highest BCUT2D eigenvalue weighted by molar-refractivity contribution is 6.30. The summed E-state index contributed by atoms with van der Waals surface area (Å²) in [6.07, 6.45) is 0.269. The maximum atomic E-state index is 13.6. The van der Waals surface area contributed by atoms with E-state index in [1.54, 1.807) is 24.0 Å². The molecule has 5 heteroatoms. The first-order valence-electron chi connectivity index (χ1n) is 10.9. The molecule has 1 atom stereocenters. The summed E-state index contributed by atoms with van der Waals surface area (Å²) >= 11 is 6.02. The highest BCUT2D eigenvalue weighted by Crippen LogP contribution is 2.29.